The van der Waals surface area contributed by atoms with Crippen molar-refractivity contribution in [2.24, 2.45) is 0 Å². The predicted molar refractivity (Wildman–Crippen MR) is 95.0 cm³/mol. The van der Waals surface area contributed by atoms with Crippen LogP contribution in [0.15, 0.2) is 41.8 Å². The third-order valence-electron chi connectivity index (χ3n) is 2.79. The van der Waals surface area contributed by atoms with Gasteiger partial charge in [-0.05, 0) is 54.4 Å². The van der Waals surface area contributed by atoms with Crippen molar-refractivity contribution in [2.45, 2.75) is 13.3 Å². The van der Waals surface area contributed by atoms with Crippen LogP contribution in [-0.4, -0.2) is 23.6 Å². The van der Waals surface area contributed by atoms with Gasteiger partial charge >= 0.3 is 5.97 Å². The first-order valence-electron chi connectivity index (χ1n) is 7.03. The van der Waals surface area contributed by atoms with Gasteiger partial charge in [0.15, 0.2) is 5.11 Å². The molecule has 0 aliphatic rings. The zero-order valence-corrected chi connectivity index (χ0v) is 14.1. The fraction of sp³-hybridized carbons (Fsp3) is 0.188. The molecule has 0 fully saturated rings. The van der Waals surface area contributed by atoms with Crippen LogP contribution in [0.3, 0.4) is 0 Å². The number of benzene rings is 1. The number of amides is 1. The minimum atomic E-state index is -0.355. The van der Waals surface area contributed by atoms with E-state index in [1.165, 1.54) is 11.3 Å². The van der Waals surface area contributed by atoms with Crippen molar-refractivity contribution in [2.75, 3.05) is 11.9 Å². The summed E-state index contributed by atoms with van der Waals surface area (Å²) in [6.45, 7) is 2.34. The number of rotatable bonds is 5. The standard InChI is InChI=1S/C16H16N2O3S2/c1-2-9-21-15(20)11-5-7-12(8-6-11)17-16(22)18-14(19)13-4-3-10-23-13/h3-8,10H,2,9H2,1H3,(H2,17,18,19,22). The van der Waals surface area contributed by atoms with E-state index in [1.54, 1.807) is 36.4 Å². The fourth-order valence-electron chi connectivity index (χ4n) is 1.70. The van der Waals surface area contributed by atoms with Crippen molar-refractivity contribution in [1.82, 2.24) is 5.32 Å². The summed E-state index contributed by atoms with van der Waals surface area (Å²) in [7, 11) is 0. The highest BCUT2D eigenvalue weighted by Gasteiger charge is 2.09. The van der Waals surface area contributed by atoms with Crippen LogP contribution in [0.5, 0.6) is 0 Å². The Morgan fingerprint density at radius 3 is 2.57 bits per heavy atom. The van der Waals surface area contributed by atoms with Crippen molar-refractivity contribution in [3.63, 3.8) is 0 Å². The third kappa shape index (κ3) is 5.15. The van der Waals surface area contributed by atoms with E-state index in [-0.39, 0.29) is 17.0 Å². The Hall–Kier alpha value is -2.25. The van der Waals surface area contributed by atoms with E-state index in [9.17, 15) is 9.59 Å². The number of thiocarbonyl (C=S) groups is 1. The first-order valence-corrected chi connectivity index (χ1v) is 8.32. The van der Waals surface area contributed by atoms with Gasteiger partial charge in [-0.15, -0.1) is 11.3 Å². The van der Waals surface area contributed by atoms with Crippen molar-refractivity contribution >= 4 is 46.2 Å². The lowest BCUT2D eigenvalue weighted by Gasteiger charge is -2.09. The summed E-state index contributed by atoms with van der Waals surface area (Å²) in [5, 5.41) is 7.51. The second-order valence-corrected chi connectivity index (χ2v) is 5.95. The van der Waals surface area contributed by atoms with Crippen LogP contribution in [0.25, 0.3) is 0 Å². The van der Waals surface area contributed by atoms with E-state index >= 15 is 0 Å². The lowest BCUT2D eigenvalue weighted by Crippen LogP contribution is -2.33. The van der Waals surface area contributed by atoms with Gasteiger partial charge in [-0.2, -0.15) is 0 Å². The number of nitrogens with one attached hydrogen (secondary N) is 2. The smallest absolute Gasteiger partial charge is 0.338 e. The Bertz CT molecular complexity index is 682. The molecular formula is C16H16N2O3S2. The first-order chi connectivity index (χ1) is 11.1. The van der Waals surface area contributed by atoms with Crippen molar-refractivity contribution in [1.29, 1.82) is 0 Å². The Labute approximate surface area is 143 Å². The molecule has 23 heavy (non-hydrogen) atoms. The molecule has 1 amide bonds. The zero-order valence-electron chi connectivity index (χ0n) is 12.5. The quantitative estimate of drug-likeness (QED) is 0.640. The molecule has 0 atom stereocenters. The average Bonchev–Trinajstić information content (AvgIpc) is 3.07. The maximum atomic E-state index is 11.9. The van der Waals surface area contributed by atoms with Gasteiger partial charge in [0.25, 0.3) is 5.91 Å². The van der Waals surface area contributed by atoms with Crippen LogP contribution >= 0.6 is 23.6 Å². The molecule has 0 saturated heterocycles. The molecule has 2 aromatic rings. The maximum Gasteiger partial charge on any atom is 0.338 e. The molecule has 0 unspecified atom stereocenters. The van der Waals surface area contributed by atoms with Gasteiger partial charge in [-0.25, -0.2) is 4.79 Å². The van der Waals surface area contributed by atoms with Gasteiger partial charge in [0.2, 0.25) is 0 Å². The molecule has 1 aromatic heterocycles. The summed E-state index contributed by atoms with van der Waals surface area (Å²) in [5.74, 6) is -0.607. The van der Waals surface area contributed by atoms with Crippen LogP contribution in [0.4, 0.5) is 5.69 Å². The summed E-state index contributed by atoms with van der Waals surface area (Å²) < 4.78 is 5.05. The molecule has 0 radical (unpaired) electrons. The van der Waals surface area contributed by atoms with Gasteiger partial charge in [0.05, 0.1) is 17.0 Å². The average molecular weight is 348 g/mol. The number of carbonyl (C=O) groups excluding carboxylic acids is 2. The minimum Gasteiger partial charge on any atom is -0.462 e. The number of hydrogen-bond donors (Lipinski definition) is 2. The topological polar surface area (TPSA) is 67.4 Å². The number of hydrogen-bond acceptors (Lipinski definition) is 5. The van der Waals surface area contributed by atoms with E-state index in [4.69, 9.17) is 17.0 Å². The molecule has 1 aromatic carbocycles. The van der Waals surface area contributed by atoms with Gasteiger partial charge in [-0.3, -0.25) is 10.1 Å². The van der Waals surface area contributed by atoms with E-state index in [0.717, 1.165) is 6.42 Å². The second kappa shape index (κ2) is 8.40. The third-order valence-corrected chi connectivity index (χ3v) is 3.86. The Morgan fingerprint density at radius 1 is 1.22 bits per heavy atom. The minimum absolute atomic E-state index is 0.199. The number of thiophene rings is 1. The Morgan fingerprint density at radius 2 is 1.96 bits per heavy atom. The van der Waals surface area contributed by atoms with E-state index in [2.05, 4.69) is 10.6 Å². The SMILES string of the molecule is CCCOC(=O)c1ccc(NC(=S)NC(=O)c2cccs2)cc1. The highest BCUT2D eigenvalue weighted by Crippen LogP contribution is 2.11. The lowest BCUT2D eigenvalue weighted by atomic mass is 10.2. The maximum absolute atomic E-state index is 11.9. The summed E-state index contributed by atoms with van der Waals surface area (Å²) >= 11 is 6.44. The zero-order chi connectivity index (χ0) is 16.7. The monoisotopic (exact) mass is 348 g/mol. The van der Waals surface area contributed by atoms with E-state index in [0.29, 0.717) is 22.7 Å². The molecule has 0 saturated carbocycles. The van der Waals surface area contributed by atoms with E-state index < -0.39 is 0 Å². The molecule has 120 valence electrons. The molecular weight excluding hydrogens is 332 g/mol. The van der Waals surface area contributed by atoms with Crippen molar-refractivity contribution in [3.05, 3.63) is 52.2 Å². The van der Waals surface area contributed by atoms with Crippen molar-refractivity contribution < 1.29 is 14.3 Å². The van der Waals surface area contributed by atoms with Gasteiger partial charge in [-0.1, -0.05) is 13.0 Å². The summed E-state index contributed by atoms with van der Waals surface area (Å²) in [4.78, 5) is 24.1. The normalized spacial score (nSPS) is 9.96. The van der Waals surface area contributed by atoms with Crippen LogP contribution in [-0.2, 0) is 4.74 Å². The Balaban J connectivity index is 1.89. The van der Waals surface area contributed by atoms with Gasteiger partial charge < -0.3 is 10.1 Å². The van der Waals surface area contributed by atoms with Crippen molar-refractivity contribution in [3.8, 4) is 0 Å². The number of anilines is 1. The van der Waals surface area contributed by atoms with Crippen LogP contribution in [0.2, 0.25) is 0 Å². The lowest BCUT2D eigenvalue weighted by molar-refractivity contribution is 0.0505. The van der Waals surface area contributed by atoms with Crippen LogP contribution in [0.1, 0.15) is 33.4 Å². The van der Waals surface area contributed by atoms with E-state index in [1.807, 2.05) is 12.3 Å². The molecule has 0 aliphatic heterocycles. The molecule has 7 heteroatoms. The van der Waals surface area contributed by atoms with Crippen LogP contribution in [0, 0.1) is 0 Å². The summed E-state index contributed by atoms with van der Waals surface area (Å²) in [6.07, 6.45) is 0.781. The van der Waals surface area contributed by atoms with Gasteiger partial charge in [0, 0.05) is 5.69 Å². The highest BCUT2D eigenvalue weighted by molar-refractivity contribution is 7.80. The molecule has 0 aliphatic carbocycles. The molecule has 1 heterocycles. The van der Waals surface area contributed by atoms with Gasteiger partial charge in [0.1, 0.15) is 0 Å². The molecule has 5 nitrogen and oxygen atoms in total. The predicted octanol–water partition coefficient (Wildman–Crippen LogP) is 3.44. The highest BCUT2D eigenvalue weighted by atomic mass is 32.1. The fourth-order valence-corrected chi connectivity index (χ4v) is 2.53. The largest absolute Gasteiger partial charge is 0.462 e. The Kier molecular flexibility index (Phi) is 6.25. The number of ether oxygens (including phenoxy) is 1. The first kappa shape index (κ1) is 17.1. The molecule has 2 rings (SSSR count). The second-order valence-electron chi connectivity index (χ2n) is 4.60. The molecule has 2 N–H and O–H groups in total. The molecule has 0 spiro atoms. The molecule has 0 bridgehead atoms. The number of esters is 1. The number of carbonyl (C=O) groups is 2. The summed E-state index contributed by atoms with van der Waals surface area (Å²) in [5.41, 5.74) is 1.14. The van der Waals surface area contributed by atoms with Crippen LogP contribution < -0.4 is 10.6 Å². The summed E-state index contributed by atoms with van der Waals surface area (Å²) in [6, 6.07) is 10.2.